The van der Waals surface area contributed by atoms with Gasteiger partial charge in [0.25, 0.3) is 0 Å². The van der Waals surface area contributed by atoms with Crippen LogP contribution >= 0.6 is 11.3 Å². The van der Waals surface area contributed by atoms with Gasteiger partial charge in [-0.3, -0.25) is 0 Å². The third-order valence-corrected chi connectivity index (χ3v) is 11.8. The van der Waals surface area contributed by atoms with E-state index in [0.717, 1.165) is 44.4 Å². The first-order valence-corrected chi connectivity index (χ1v) is 18.8. The predicted octanol–water partition coefficient (Wildman–Crippen LogP) is 15.1. The summed E-state index contributed by atoms with van der Waals surface area (Å²) in [5.41, 5.74) is 9.93. The zero-order valence-electron chi connectivity index (χ0n) is 28.7. The number of anilines is 3. The molecule has 0 N–H and O–H groups in total. The maximum atomic E-state index is 6.85. The van der Waals surface area contributed by atoms with Crippen LogP contribution in [0.1, 0.15) is 0 Å². The fourth-order valence-corrected chi connectivity index (χ4v) is 9.20. The summed E-state index contributed by atoms with van der Waals surface area (Å²) in [6.07, 6.45) is 0. The lowest BCUT2D eigenvalue weighted by Crippen LogP contribution is -2.10. The minimum Gasteiger partial charge on any atom is -0.455 e. The van der Waals surface area contributed by atoms with Crippen LogP contribution < -0.4 is 4.90 Å². The van der Waals surface area contributed by atoms with Gasteiger partial charge in [-0.1, -0.05) is 133 Å². The summed E-state index contributed by atoms with van der Waals surface area (Å²) in [6.45, 7) is 0. The third-order valence-electron chi connectivity index (χ3n) is 10.6. The lowest BCUT2D eigenvalue weighted by molar-refractivity contribution is 0.673. The fourth-order valence-electron chi connectivity index (χ4n) is 7.99. The molecule has 0 amide bonds. The number of fused-ring (bicyclic) bond motifs is 9. The fraction of sp³-hybridized carbons (Fsp3) is 0. The van der Waals surface area contributed by atoms with E-state index in [9.17, 15) is 0 Å². The first kappa shape index (κ1) is 30.0. The lowest BCUT2D eigenvalue weighted by Gasteiger charge is -2.27. The first-order valence-electron chi connectivity index (χ1n) is 18.0. The Kier molecular flexibility index (Phi) is 6.76. The molecule has 0 spiro atoms. The second-order valence-electron chi connectivity index (χ2n) is 13.7. The van der Waals surface area contributed by atoms with Crippen LogP contribution in [0, 0.1) is 0 Å². The van der Waals surface area contributed by atoms with Crippen molar-refractivity contribution < 1.29 is 4.42 Å². The van der Waals surface area contributed by atoms with E-state index in [2.05, 4.69) is 193 Å². The van der Waals surface area contributed by atoms with Gasteiger partial charge in [0.2, 0.25) is 0 Å². The summed E-state index contributed by atoms with van der Waals surface area (Å²) in [6, 6.07) is 68.0. The molecule has 0 aliphatic heterocycles. The first-order chi connectivity index (χ1) is 26.2. The van der Waals surface area contributed by atoms with Crippen molar-refractivity contribution in [3.8, 4) is 22.3 Å². The number of hydrogen-bond acceptors (Lipinski definition) is 3. The average molecular weight is 694 g/mol. The highest BCUT2D eigenvalue weighted by molar-refractivity contribution is 7.26. The number of nitrogens with zero attached hydrogens (tertiary/aromatic N) is 1. The summed E-state index contributed by atoms with van der Waals surface area (Å²) in [7, 11) is 0. The summed E-state index contributed by atoms with van der Waals surface area (Å²) in [5.74, 6) is 0. The lowest BCUT2D eigenvalue weighted by atomic mass is 9.99. The normalized spacial score (nSPS) is 11.8. The van der Waals surface area contributed by atoms with Crippen molar-refractivity contribution in [1.82, 2.24) is 0 Å². The molecule has 0 aliphatic rings. The van der Waals surface area contributed by atoms with Crippen LogP contribution in [0.3, 0.4) is 0 Å². The van der Waals surface area contributed by atoms with Gasteiger partial charge in [0, 0.05) is 37.6 Å². The number of hydrogen-bond donors (Lipinski definition) is 0. The van der Waals surface area contributed by atoms with Gasteiger partial charge in [-0.2, -0.15) is 0 Å². The summed E-state index contributed by atoms with van der Waals surface area (Å²) < 4.78 is 9.29. The molecule has 11 rings (SSSR count). The SMILES string of the molecule is c1ccc(-c2ccc(N(c3ccc4ccccc4c3)c3cc4c5cc(-c6ccc7ccccc7c6)ccc5oc4c4c3sc3ccccc34)cc2)cc1. The molecule has 248 valence electrons. The number of thiophene rings is 1. The molecular weight excluding hydrogens is 663 g/mol. The Labute approximate surface area is 310 Å². The quantitative estimate of drug-likeness (QED) is 0.178. The predicted molar refractivity (Wildman–Crippen MR) is 227 cm³/mol. The van der Waals surface area contributed by atoms with Gasteiger partial charge < -0.3 is 9.32 Å². The van der Waals surface area contributed by atoms with Gasteiger partial charge in [0.05, 0.1) is 10.4 Å². The van der Waals surface area contributed by atoms with Crippen molar-refractivity contribution in [3.05, 3.63) is 188 Å². The number of benzene rings is 9. The molecule has 9 aromatic carbocycles. The Morgan fingerprint density at radius 3 is 1.81 bits per heavy atom. The van der Waals surface area contributed by atoms with Crippen LogP contribution in [0.15, 0.2) is 192 Å². The third kappa shape index (κ3) is 4.93. The van der Waals surface area contributed by atoms with Crippen LogP contribution in [-0.4, -0.2) is 0 Å². The van der Waals surface area contributed by atoms with Gasteiger partial charge in [0.15, 0.2) is 0 Å². The van der Waals surface area contributed by atoms with Gasteiger partial charge in [-0.15, -0.1) is 11.3 Å². The molecule has 0 saturated heterocycles. The van der Waals surface area contributed by atoms with Crippen LogP contribution in [-0.2, 0) is 0 Å². The highest BCUT2D eigenvalue weighted by Crippen LogP contribution is 2.50. The molecule has 2 heterocycles. The maximum absolute atomic E-state index is 6.85. The second-order valence-corrected chi connectivity index (χ2v) is 14.8. The smallest absolute Gasteiger partial charge is 0.144 e. The summed E-state index contributed by atoms with van der Waals surface area (Å²) >= 11 is 1.83. The molecule has 3 heteroatoms. The molecule has 0 saturated carbocycles. The second kappa shape index (κ2) is 11.9. The number of furan rings is 1. The standard InChI is InChI=1S/C50H31NOS/c1-2-10-32(11-3-1)35-20-24-40(25-21-35)51(41-26-22-34-13-5-7-15-37(34)29-41)45-31-44-43-30-39(38-19-18-33-12-4-6-14-36(33)28-38)23-27-46(43)52-49(44)48-42-16-8-9-17-47(42)53-50(45)48/h1-31H. The van der Waals surface area contributed by atoms with Crippen LogP contribution in [0.5, 0.6) is 0 Å². The van der Waals surface area contributed by atoms with Gasteiger partial charge >= 0.3 is 0 Å². The number of rotatable bonds is 5. The van der Waals surface area contributed by atoms with Crippen molar-refractivity contribution in [2.75, 3.05) is 4.90 Å². The van der Waals surface area contributed by atoms with Crippen molar-refractivity contribution >= 4 is 92.1 Å². The highest BCUT2D eigenvalue weighted by atomic mass is 32.1. The van der Waals surface area contributed by atoms with E-state index < -0.39 is 0 Å². The average Bonchev–Trinajstić information content (AvgIpc) is 3.80. The zero-order chi connectivity index (χ0) is 34.9. The van der Waals surface area contributed by atoms with Crippen LogP contribution in [0.2, 0.25) is 0 Å². The van der Waals surface area contributed by atoms with E-state index in [1.165, 1.54) is 58.6 Å². The van der Waals surface area contributed by atoms with E-state index in [-0.39, 0.29) is 0 Å². The Hall–Kier alpha value is -6.68. The van der Waals surface area contributed by atoms with Crippen molar-refractivity contribution in [2.45, 2.75) is 0 Å². The topological polar surface area (TPSA) is 16.4 Å². The van der Waals surface area contributed by atoms with Crippen LogP contribution in [0.4, 0.5) is 17.1 Å². The molecule has 0 radical (unpaired) electrons. The minimum absolute atomic E-state index is 0.891. The molecule has 53 heavy (non-hydrogen) atoms. The van der Waals surface area contributed by atoms with E-state index in [4.69, 9.17) is 4.42 Å². The van der Waals surface area contributed by atoms with E-state index in [1.54, 1.807) is 0 Å². The van der Waals surface area contributed by atoms with Crippen molar-refractivity contribution in [2.24, 2.45) is 0 Å². The Morgan fingerprint density at radius 1 is 0.396 bits per heavy atom. The van der Waals surface area contributed by atoms with Crippen molar-refractivity contribution in [3.63, 3.8) is 0 Å². The molecule has 0 fully saturated rings. The van der Waals surface area contributed by atoms with E-state index in [1.807, 2.05) is 11.3 Å². The molecular formula is C50H31NOS. The summed E-state index contributed by atoms with van der Waals surface area (Å²) in [4.78, 5) is 2.43. The molecule has 0 bridgehead atoms. The highest BCUT2D eigenvalue weighted by Gasteiger charge is 2.24. The van der Waals surface area contributed by atoms with Gasteiger partial charge in [0.1, 0.15) is 11.2 Å². The Balaban J connectivity index is 1.19. The zero-order valence-corrected chi connectivity index (χ0v) is 29.5. The van der Waals surface area contributed by atoms with Crippen molar-refractivity contribution in [1.29, 1.82) is 0 Å². The molecule has 2 nitrogen and oxygen atoms in total. The molecule has 0 atom stereocenters. The van der Waals surface area contributed by atoms with Gasteiger partial charge in [-0.05, 0) is 98.4 Å². The van der Waals surface area contributed by atoms with E-state index in [0.29, 0.717) is 0 Å². The van der Waals surface area contributed by atoms with Crippen LogP contribution in [0.25, 0.3) is 85.9 Å². The monoisotopic (exact) mass is 693 g/mol. The van der Waals surface area contributed by atoms with E-state index >= 15 is 0 Å². The molecule has 2 aromatic heterocycles. The Morgan fingerprint density at radius 2 is 1.00 bits per heavy atom. The largest absolute Gasteiger partial charge is 0.455 e. The maximum Gasteiger partial charge on any atom is 0.144 e. The Bertz CT molecular complexity index is 3170. The molecule has 11 aromatic rings. The summed E-state index contributed by atoms with van der Waals surface area (Å²) in [5, 5.41) is 9.51. The molecule has 0 unspecified atom stereocenters. The molecule has 0 aliphatic carbocycles. The van der Waals surface area contributed by atoms with Gasteiger partial charge in [-0.25, -0.2) is 0 Å². The minimum atomic E-state index is 0.891.